The summed E-state index contributed by atoms with van der Waals surface area (Å²) in [6.07, 6.45) is 0. The predicted molar refractivity (Wildman–Crippen MR) is 75.6 cm³/mol. The molecule has 1 rings (SSSR count). The lowest BCUT2D eigenvalue weighted by molar-refractivity contribution is 0.225. The molecule has 0 aliphatic carbocycles. The number of benzene rings is 1. The summed E-state index contributed by atoms with van der Waals surface area (Å²) in [7, 11) is 4.15. The van der Waals surface area contributed by atoms with Crippen LogP contribution in [0.2, 0.25) is 5.02 Å². The van der Waals surface area contributed by atoms with E-state index >= 15 is 0 Å². The van der Waals surface area contributed by atoms with Crippen molar-refractivity contribution in [2.24, 2.45) is 5.92 Å². The van der Waals surface area contributed by atoms with E-state index in [4.69, 9.17) is 11.6 Å². The average Bonchev–Trinajstić information content (AvgIpc) is 2.29. The molecule has 0 aliphatic heterocycles. The molecule has 0 aromatic heterocycles. The topological polar surface area (TPSA) is 15.3 Å². The van der Waals surface area contributed by atoms with E-state index in [-0.39, 0.29) is 0 Å². The van der Waals surface area contributed by atoms with Crippen LogP contribution in [0.25, 0.3) is 0 Å². The molecule has 0 saturated heterocycles. The van der Waals surface area contributed by atoms with Gasteiger partial charge in [0.25, 0.3) is 0 Å². The van der Waals surface area contributed by atoms with Crippen molar-refractivity contribution in [3.8, 4) is 0 Å². The van der Waals surface area contributed by atoms with Gasteiger partial charge in [-0.15, -0.1) is 0 Å². The zero-order valence-corrected chi connectivity index (χ0v) is 12.0. The van der Waals surface area contributed by atoms with Crippen LogP contribution < -0.4 is 5.32 Å². The molecule has 0 heterocycles. The van der Waals surface area contributed by atoms with Gasteiger partial charge < -0.3 is 5.32 Å². The first-order valence-corrected chi connectivity index (χ1v) is 6.53. The molecule has 17 heavy (non-hydrogen) atoms. The van der Waals surface area contributed by atoms with Gasteiger partial charge in [0.05, 0.1) is 0 Å². The highest BCUT2D eigenvalue weighted by Crippen LogP contribution is 2.26. The first-order chi connectivity index (χ1) is 8.06. The van der Waals surface area contributed by atoms with E-state index < -0.39 is 0 Å². The van der Waals surface area contributed by atoms with Gasteiger partial charge in [-0.2, -0.15) is 0 Å². The van der Waals surface area contributed by atoms with Crippen molar-refractivity contribution in [1.29, 1.82) is 0 Å². The van der Waals surface area contributed by atoms with Crippen LogP contribution in [0.15, 0.2) is 24.3 Å². The second kappa shape index (κ2) is 7.00. The Morgan fingerprint density at radius 1 is 1.29 bits per heavy atom. The lowest BCUT2D eigenvalue weighted by Gasteiger charge is -2.28. The van der Waals surface area contributed by atoms with Gasteiger partial charge in [-0.05, 0) is 45.1 Å². The molecule has 1 aromatic rings. The van der Waals surface area contributed by atoms with Gasteiger partial charge in [0.2, 0.25) is 0 Å². The highest BCUT2D eigenvalue weighted by Gasteiger charge is 2.15. The van der Waals surface area contributed by atoms with Crippen molar-refractivity contribution in [3.05, 3.63) is 34.9 Å². The van der Waals surface area contributed by atoms with Crippen LogP contribution in [0.4, 0.5) is 0 Å². The van der Waals surface area contributed by atoms with Crippen molar-refractivity contribution in [1.82, 2.24) is 10.2 Å². The zero-order valence-electron chi connectivity index (χ0n) is 11.2. The molecule has 0 saturated carbocycles. The van der Waals surface area contributed by atoms with Gasteiger partial charge in [0.1, 0.15) is 0 Å². The Bertz CT molecular complexity index is 341. The van der Waals surface area contributed by atoms with Crippen LogP contribution in [0, 0.1) is 5.92 Å². The van der Waals surface area contributed by atoms with Crippen LogP contribution in [-0.2, 0) is 0 Å². The van der Waals surface area contributed by atoms with E-state index in [1.165, 1.54) is 5.56 Å². The number of halogens is 1. The van der Waals surface area contributed by atoms with Crippen molar-refractivity contribution in [2.45, 2.75) is 19.9 Å². The van der Waals surface area contributed by atoms with Crippen LogP contribution >= 0.6 is 11.6 Å². The fourth-order valence-corrected chi connectivity index (χ4v) is 2.41. The Morgan fingerprint density at radius 3 is 2.53 bits per heavy atom. The third kappa shape index (κ3) is 4.30. The smallest absolute Gasteiger partial charge is 0.0453 e. The number of rotatable bonds is 6. The quantitative estimate of drug-likeness (QED) is 0.839. The molecule has 1 aromatic carbocycles. The summed E-state index contributed by atoms with van der Waals surface area (Å²) < 4.78 is 0. The fourth-order valence-electron chi connectivity index (χ4n) is 2.11. The number of hydrogen-bond donors (Lipinski definition) is 1. The Morgan fingerprint density at radius 2 is 1.94 bits per heavy atom. The Hall–Kier alpha value is -0.570. The molecule has 2 atom stereocenters. The highest BCUT2D eigenvalue weighted by atomic mass is 35.5. The molecular weight excluding hydrogens is 232 g/mol. The second-order valence-corrected chi connectivity index (χ2v) is 5.21. The summed E-state index contributed by atoms with van der Waals surface area (Å²) in [6, 6.07) is 8.43. The maximum absolute atomic E-state index is 6.22. The summed E-state index contributed by atoms with van der Waals surface area (Å²) in [5.41, 5.74) is 1.20. The van der Waals surface area contributed by atoms with Gasteiger partial charge >= 0.3 is 0 Å². The third-order valence-corrected chi connectivity index (χ3v) is 3.51. The molecule has 2 unspecified atom stereocenters. The van der Waals surface area contributed by atoms with Crippen LogP contribution in [0.1, 0.15) is 25.5 Å². The van der Waals surface area contributed by atoms with Crippen molar-refractivity contribution in [3.63, 3.8) is 0 Å². The monoisotopic (exact) mass is 254 g/mol. The first-order valence-electron chi connectivity index (χ1n) is 6.15. The standard InChI is InChI=1S/C14H23ClN2/c1-11(9-16-3)10-17(4)12(2)13-7-5-6-8-14(13)15/h5-8,11-12,16H,9-10H2,1-4H3. The molecule has 0 spiro atoms. The molecule has 0 amide bonds. The van der Waals surface area contributed by atoms with Crippen molar-refractivity contribution in [2.75, 3.05) is 27.2 Å². The molecule has 0 aliphatic rings. The van der Waals surface area contributed by atoms with Crippen LogP contribution in [0.5, 0.6) is 0 Å². The minimum Gasteiger partial charge on any atom is -0.319 e. The maximum Gasteiger partial charge on any atom is 0.0453 e. The molecule has 0 fully saturated rings. The molecule has 3 heteroatoms. The van der Waals surface area contributed by atoms with Crippen molar-refractivity contribution >= 4 is 11.6 Å². The summed E-state index contributed by atoms with van der Waals surface area (Å²) in [5.74, 6) is 0.634. The molecular formula is C14H23ClN2. The molecule has 2 nitrogen and oxygen atoms in total. The molecule has 0 bridgehead atoms. The summed E-state index contributed by atoms with van der Waals surface area (Å²) >= 11 is 6.22. The normalized spacial score (nSPS) is 14.9. The maximum atomic E-state index is 6.22. The number of nitrogens with zero attached hydrogens (tertiary/aromatic N) is 1. The predicted octanol–water partition coefficient (Wildman–Crippen LogP) is 3.19. The van der Waals surface area contributed by atoms with Gasteiger partial charge in [-0.1, -0.05) is 36.7 Å². The minimum absolute atomic E-state index is 0.350. The largest absolute Gasteiger partial charge is 0.319 e. The van der Waals surface area contributed by atoms with Crippen molar-refractivity contribution < 1.29 is 0 Å². The fraction of sp³-hybridized carbons (Fsp3) is 0.571. The Kier molecular flexibility index (Phi) is 5.96. The SMILES string of the molecule is CNCC(C)CN(C)C(C)c1ccccc1Cl. The zero-order chi connectivity index (χ0) is 12.8. The molecule has 96 valence electrons. The first kappa shape index (κ1) is 14.5. The Labute approximate surface area is 110 Å². The summed E-state index contributed by atoms with van der Waals surface area (Å²) in [5, 5.41) is 4.06. The highest BCUT2D eigenvalue weighted by molar-refractivity contribution is 6.31. The summed E-state index contributed by atoms with van der Waals surface area (Å²) in [6.45, 7) is 6.56. The Balaban J connectivity index is 2.63. The third-order valence-electron chi connectivity index (χ3n) is 3.17. The molecule has 1 N–H and O–H groups in total. The van der Waals surface area contributed by atoms with Gasteiger partial charge in [-0.25, -0.2) is 0 Å². The van der Waals surface area contributed by atoms with Gasteiger partial charge in [0.15, 0.2) is 0 Å². The van der Waals surface area contributed by atoms with E-state index in [1.807, 2.05) is 25.2 Å². The lowest BCUT2D eigenvalue weighted by atomic mass is 10.1. The minimum atomic E-state index is 0.350. The van der Waals surface area contributed by atoms with E-state index in [2.05, 4.69) is 37.2 Å². The number of hydrogen-bond acceptors (Lipinski definition) is 2. The van der Waals surface area contributed by atoms with E-state index in [0.717, 1.165) is 18.1 Å². The van der Waals surface area contributed by atoms with Crippen LogP contribution in [0.3, 0.4) is 0 Å². The van der Waals surface area contributed by atoms with Gasteiger partial charge in [-0.3, -0.25) is 4.90 Å². The second-order valence-electron chi connectivity index (χ2n) is 4.80. The van der Waals surface area contributed by atoms with Gasteiger partial charge in [0, 0.05) is 17.6 Å². The lowest BCUT2D eigenvalue weighted by Crippen LogP contribution is -2.31. The summed E-state index contributed by atoms with van der Waals surface area (Å²) in [4.78, 5) is 2.35. The molecule has 0 radical (unpaired) electrons. The van der Waals surface area contributed by atoms with E-state index in [1.54, 1.807) is 0 Å². The van der Waals surface area contributed by atoms with E-state index in [0.29, 0.717) is 12.0 Å². The number of nitrogens with one attached hydrogen (secondary N) is 1. The van der Waals surface area contributed by atoms with E-state index in [9.17, 15) is 0 Å². The van der Waals surface area contributed by atoms with Crippen LogP contribution in [-0.4, -0.2) is 32.1 Å². The average molecular weight is 255 g/mol.